The van der Waals surface area contributed by atoms with Gasteiger partial charge in [-0.25, -0.2) is 4.79 Å². The number of rotatable bonds is 2. The van der Waals surface area contributed by atoms with E-state index in [1.807, 2.05) is 0 Å². The average molecular weight is 259 g/mol. The molecule has 0 bridgehead atoms. The highest BCUT2D eigenvalue weighted by atomic mass is 19.4. The second-order valence-corrected chi connectivity index (χ2v) is 4.00. The number of urea groups is 1. The fourth-order valence-electron chi connectivity index (χ4n) is 1.57. The smallest absolute Gasteiger partial charge is 0.333 e. The second kappa shape index (κ2) is 4.85. The van der Waals surface area contributed by atoms with Gasteiger partial charge in [0.15, 0.2) is 0 Å². The maximum absolute atomic E-state index is 12.7. The molecule has 4 nitrogen and oxygen atoms in total. The number of alkyl halides is 3. The van der Waals surface area contributed by atoms with Gasteiger partial charge >= 0.3 is 12.2 Å². The van der Waals surface area contributed by atoms with Gasteiger partial charge in [-0.1, -0.05) is 12.1 Å². The monoisotopic (exact) mass is 259 g/mol. The quantitative estimate of drug-likeness (QED) is 0.758. The Bertz CT molecular complexity index is 443. The zero-order valence-electron chi connectivity index (χ0n) is 9.34. The van der Waals surface area contributed by atoms with Gasteiger partial charge in [0.2, 0.25) is 0 Å². The summed E-state index contributed by atoms with van der Waals surface area (Å²) >= 11 is 0. The van der Waals surface area contributed by atoms with Crippen LogP contribution in [0.3, 0.4) is 0 Å². The minimum atomic E-state index is -4.48. The van der Waals surface area contributed by atoms with Gasteiger partial charge in [-0.3, -0.25) is 0 Å². The minimum Gasteiger partial charge on any atom is -0.333 e. The first-order valence-corrected chi connectivity index (χ1v) is 5.41. The topological polar surface area (TPSA) is 53.2 Å². The number of hydrogen-bond donors (Lipinski definition) is 3. The van der Waals surface area contributed by atoms with E-state index in [4.69, 9.17) is 0 Å². The molecule has 0 saturated carbocycles. The average Bonchev–Trinajstić information content (AvgIpc) is 2.23. The van der Waals surface area contributed by atoms with E-state index >= 15 is 0 Å². The van der Waals surface area contributed by atoms with Crippen molar-refractivity contribution in [3.05, 3.63) is 29.8 Å². The van der Waals surface area contributed by atoms with Gasteiger partial charge in [-0.05, 0) is 12.1 Å². The molecule has 0 unspecified atom stereocenters. The Kier molecular flexibility index (Phi) is 3.42. The van der Waals surface area contributed by atoms with Crippen molar-refractivity contribution in [1.29, 1.82) is 0 Å². The molecule has 1 heterocycles. The van der Waals surface area contributed by atoms with Crippen LogP contribution in [0, 0.1) is 0 Å². The first kappa shape index (κ1) is 12.7. The van der Waals surface area contributed by atoms with Crippen LogP contribution in [-0.4, -0.2) is 25.2 Å². The molecule has 1 fully saturated rings. The highest BCUT2D eigenvalue weighted by molar-refractivity contribution is 5.90. The number of halogens is 3. The van der Waals surface area contributed by atoms with Crippen molar-refractivity contribution >= 4 is 11.7 Å². The lowest BCUT2D eigenvalue weighted by Crippen LogP contribution is -2.57. The van der Waals surface area contributed by atoms with Gasteiger partial charge in [0.05, 0.1) is 17.3 Å². The zero-order chi connectivity index (χ0) is 13.2. The molecule has 7 heteroatoms. The summed E-state index contributed by atoms with van der Waals surface area (Å²) in [5.74, 6) is 0. The highest BCUT2D eigenvalue weighted by Crippen LogP contribution is 2.34. The summed E-state index contributed by atoms with van der Waals surface area (Å²) in [6.45, 7) is 1.27. The molecule has 0 aliphatic carbocycles. The lowest BCUT2D eigenvalue weighted by Gasteiger charge is -2.28. The summed E-state index contributed by atoms with van der Waals surface area (Å²) in [7, 11) is 0. The van der Waals surface area contributed by atoms with Crippen molar-refractivity contribution in [2.24, 2.45) is 0 Å². The van der Waals surface area contributed by atoms with Gasteiger partial charge in [0, 0.05) is 13.1 Å². The van der Waals surface area contributed by atoms with Crippen molar-refractivity contribution in [2.45, 2.75) is 12.2 Å². The molecule has 1 aromatic rings. The fourth-order valence-corrected chi connectivity index (χ4v) is 1.57. The van der Waals surface area contributed by atoms with E-state index in [-0.39, 0.29) is 11.7 Å². The van der Waals surface area contributed by atoms with Gasteiger partial charge in [-0.15, -0.1) is 0 Å². The molecule has 18 heavy (non-hydrogen) atoms. The van der Waals surface area contributed by atoms with Crippen molar-refractivity contribution in [3.63, 3.8) is 0 Å². The molecule has 0 spiro atoms. The van der Waals surface area contributed by atoms with Gasteiger partial charge in [0.25, 0.3) is 0 Å². The summed E-state index contributed by atoms with van der Waals surface area (Å²) in [5.41, 5.74) is -1.10. The number of benzene rings is 1. The van der Waals surface area contributed by atoms with Crippen LogP contribution in [0.4, 0.5) is 23.7 Å². The predicted molar refractivity (Wildman–Crippen MR) is 60.3 cm³/mol. The van der Waals surface area contributed by atoms with E-state index < -0.39 is 17.8 Å². The molecule has 1 saturated heterocycles. The number of anilines is 1. The summed E-state index contributed by atoms with van der Waals surface area (Å²) in [5, 5.41) is 7.73. The minimum absolute atomic E-state index is 0.0250. The molecule has 3 N–H and O–H groups in total. The molecule has 98 valence electrons. The number of carbonyl (C=O) groups excluding carboxylic acids is 1. The first-order chi connectivity index (χ1) is 8.47. The maximum atomic E-state index is 12.7. The van der Waals surface area contributed by atoms with Gasteiger partial charge < -0.3 is 16.0 Å². The summed E-state index contributed by atoms with van der Waals surface area (Å²) in [6.07, 6.45) is -4.48. The molecule has 0 atom stereocenters. The van der Waals surface area contributed by atoms with Gasteiger partial charge in [0.1, 0.15) is 0 Å². The number of para-hydroxylation sites is 1. The predicted octanol–water partition coefficient (Wildman–Crippen LogP) is 1.80. The Hall–Kier alpha value is -1.76. The lowest BCUT2D eigenvalue weighted by atomic mass is 10.1. The highest BCUT2D eigenvalue weighted by Gasteiger charge is 2.33. The fraction of sp³-hybridized carbons (Fsp3) is 0.364. The molecule has 2 amide bonds. The molecule has 0 radical (unpaired) electrons. The number of hydrogen-bond acceptors (Lipinski definition) is 2. The van der Waals surface area contributed by atoms with Crippen LogP contribution in [0.5, 0.6) is 0 Å². The third-order valence-corrected chi connectivity index (χ3v) is 2.60. The number of nitrogens with one attached hydrogen (secondary N) is 3. The van der Waals surface area contributed by atoms with E-state index in [9.17, 15) is 18.0 Å². The molecule has 2 rings (SSSR count). The third kappa shape index (κ3) is 2.92. The first-order valence-electron chi connectivity index (χ1n) is 5.41. The maximum Gasteiger partial charge on any atom is 0.418 e. The normalized spacial score (nSPS) is 15.9. The summed E-state index contributed by atoms with van der Waals surface area (Å²) in [6, 6.07) is 4.22. The van der Waals surface area contributed by atoms with E-state index in [1.165, 1.54) is 18.2 Å². The number of carbonyl (C=O) groups is 1. The van der Waals surface area contributed by atoms with Crippen LogP contribution >= 0.6 is 0 Å². The molecular weight excluding hydrogens is 247 g/mol. The van der Waals surface area contributed by atoms with E-state index in [0.717, 1.165) is 6.07 Å². The lowest BCUT2D eigenvalue weighted by molar-refractivity contribution is -0.136. The van der Waals surface area contributed by atoms with Crippen LogP contribution in [0.15, 0.2) is 24.3 Å². The van der Waals surface area contributed by atoms with E-state index in [1.54, 1.807) is 0 Å². The van der Waals surface area contributed by atoms with Crippen molar-refractivity contribution < 1.29 is 18.0 Å². The zero-order valence-corrected chi connectivity index (χ0v) is 9.34. The van der Waals surface area contributed by atoms with Crippen LogP contribution in [0.2, 0.25) is 0 Å². The van der Waals surface area contributed by atoms with Crippen LogP contribution in [0.1, 0.15) is 5.56 Å². The van der Waals surface area contributed by atoms with Gasteiger partial charge in [-0.2, -0.15) is 13.2 Å². The van der Waals surface area contributed by atoms with Crippen molar-refractivity contribution in [1.82, 2.24) is 10.6 Å². The SMILES string of the molecule is O=C(Nc1ccccc1C(F)(F)F)NC1CNC1. The van der Waals surface area contributed by atoms with Crippen LogP contribution < -0.4 is 16.0 Å². The summed E-state index contributed by atoms with van der Waals surface area (Å²) < 4.78 is 38.0. The Morgan fingerprint density at radius 3 is 2.50 bits per heavy atom. The van der Waals surface area contributed by atoms with Crippen molar-refractivity contribution in [3.8, 4) is 0 Å². The van der Waals surface area contributed by atoms with Crippen molar-refractivity contribution in [2.75, 3.05) is 18.4 Å². The van der Waals surface area contributed by atoms with Crippen LogP contribution in [0.25, 0.3) is 0 Å². The molecule has 1 aliphatic rings. The molecule has 1 aliphatic heterocycles. The number of amides is 2. The Balaban J connectivity index is 2.06. The molecular formula is C11H12F3N3O. The van der Waals surface area contributed by atoms with Crippen LogP contribution in [-0.2, 0) is 6.18 Å². The second-order valence-electron chi connectivity index (χ2n) is 4.00. The molecule has 1 aromatic carbocycles. The molecule has 0 aromatic heterocycles. The van der Waals surface area contributed by atoms with E-state index in [0.29, 0.717) is 13.1 Å². The summed E-state index contributed by atoms with van der Waals surface area (Å²) in [4.78, 5) is 11.5. The third-order valence-electron chi connectivity index (χ3n) is 2.60. The van der Waals surface area contributed by atoms with E-state index in [2.05, 4.69) is 16.0 Å². The largest absolute Gasteiger partial charge is 0.418 e. The Morgan fingerprint density at radius 2 is 1.94 bits per heavy atom. The standard InChI is InChI=1S/C11H12F3N3O/c12-11(13,14)8-3-1-2-4-9(8)17-10(18)16-7-5-15-6-7/h1-4,7,15H,5-6H2,(H2,16,17,18). The Labute approximate surface area is 102 Å². The Morgan fingerprint density at radius 1 is 1.28 bits per heavy atom.